The van der Waals surface area contributed by atoms with Crippen LogP contribution in [0.2, 0.25) is 0 Å². The van der Waals surface area contributed by atoms with Gasteiger partial charge in [-0.05, 0) is 54.5 Å². The first-order valence-electron chi connectivity index (χ1n) is 12.7. The molecule has 3 aromatic rings. The number of nitrogens with zero attached hydrogens (tertiary/aromatic N) is 4. The van der Waals surface area contributed by atoms with E-state index in [4.69, 9.17) is 9.15 Å². The molecule has 1 atom stereocenters. The molecular formula is C27H33N5O4. The Labute approximate surface area is 210 Å². The Morgan fingerprint density at radius 1 is 1.33 bits per heavy atom. The number of aromatic nitrogens is 3. The van der Waals surface area contributed by atoms with Crippen LogP contribution < -0.4 is 10.1 Å². The average Bonchev–Trinajstić information content (AvgIpc) is 3.38. The summed E-state index contributed by atoms with van der Waals surface area (Å²) in [5.41, 5.74) is 4.94. The largest absolute Gasteiger partial charge is 0.485 e. The molecule has 3 heterocycles. The standard InChI is InChI=1S/C27H33N5O4/c1-18-24-7-8-32(13-20(24)5-6-26(18)35-15-23-12-28-17-36-23)14-22(33)11-29-27(34)25-10-21(30-16-31-25)9-19-3-2-4-19/h5-6,10,12,16-17,19,22,33H,2-4,7-9,11,13-15H2,1H3,(H,29,34)/t22-/m0/s1. The molecular weight excluding hydrogens is 458 g/mol. The van der Waals surface area contributed by atoms with Crippen molar-refractivity contribution in [2.24, 2.45) is 5.92 Å². The summed E-state index contributed by atoms with van der Waals surface area (Å²) < 4.78 is 11.2. The summed E-state index contributed by atoms with van der Waals surface area (Å²) in [5.74, 6) is 1.94. The fraction of sp³-hybridized carbons (Fsp3) is 0.481. The fourth-order valence-electron chi connectivity index (χ4n) is 4.94. The molecule has 9 nitrogen and oxygen atoms in total. The first-order chi connectivity index (χ1) is 17.5. The van der Waals surface area contributed by atoms with Crippen LogP contribution in [0.25, 0.3) is 0 Å². The normalized spacial score (nSPS) is 16.7. The smallest absolute Gasteiger partial charge is 0.270 e. The van der Waals surface area contributed by atoms with Crippen LogP contribution in [-0.2, 0) is 26.0 Å². The summed E-state index contributed by atoms with van der Waals surface area (Å²) in [6.07, 6.45) is 9.36. The van der Waals surface area contributed by atoms with E-state index >= 15 is 0 Å². The molecule has 1 aliphatic heterocycles. The van der Waals surface area contributed by atoms with Crippen LogP contribution in [0.5, 0.6) is 5.75 Å². The van der Waals surface area contributed by atoms with Crippen molar-refractivity contribution in [3.05, 3.63) is 71.0 Å². The number of rotatable bonds is 10. The van der Waals surface area contributed by atoms with Gasteiger partial charge in [0.1, 0.15) is 24.4 Å². The Morgan fingerprint density at radius 3 is 3.00 bits per heavy atom. The van der Waals surface area contributed by atoms with Crippen LogP contribution in [0.3, 0.4) is 0 Å². The molecule has 5 rings (SSSR count). The second-order valence-corrected chi connectivity index (χ2v) is 9.83. The second kappa shape index (κ2) is 11.2. The minimum absolute atomic E-state index is 0.178. The molecule has 190 valence electrons. The maximum atomic E-state index is 12.6. The summed E-state index contributed by atoms with van der Waals surface area (Å²) in [6.45, 7) is 4.68. The van der Waals surface area contributed by atoms with Crippen molar-refractivity contribution in [2.45, 2.75) is 58.3 Å². The predicted molar refractivity (Wildman–Crippen MR) is 132 cm³/mol. The lowest BCUT2D eigenvalue weighted by Crippen LogP contribution is -2.42. The fourth-order valence-corrected chi connectivity index (χ4v) is 4.94. The van der Waals surface area contributed by atoms with E-state index < -0.39 is 6.10 Å². The molecule has 2 N–H and O–H groups in total. The van der Waals surface area contributed by atoms with Gasteiger partial charge < -0.3 is 19.6 Å². The zero-order valence-corrected chi connectivity index (χ0v) is 20.7. The molecule has 0 saturated heterocycles. The molecule has 1 fully saturated rings. The topological polar surface area (TPSA) is 114 Å². The third-order valence-corrected chi connectivity index (χ3v) is 7.22. The number of ether oxygens (including phenoxy) is 1. The lowest BCUT2D eigenvalue weighted by atomic mass is 9.82. The average molecular weight is 492 g/mol. The molecule has 36 heavy (non-hydrogen) atoms. The van der Waals surface area contributed by atoms with E-state index in [2.05, 4.69) is 38.2 Å². The predicted octanol–water partition coefficient (Wildman–Crippen LogP) is 2.84. The molecule has 1 saturated carbocycles. The summed E-state index contributed by atoms with van der Waals surface area (Å²) >= 11 is 0. The summed E-state index contributed by atoms with van der Waals surface area (Å²) in [7, 11) is 0. The number of benzene rings is 1. The van der Waals surface area contributed by atoms with Crippen LogP contribution >= 0.6 is 0 Å². The third-order valence-electron chi connectivity index (χ3n) is 7.22. The van der Waals surface area contributed by atoms with Gasteiger partial charge in [0.15, 0.2) is 12.2 Å². The van der Waals surface area contributed by atoms with Crippen LogP contribution in [0.15, 0.2) is 41.5 Å². The third kappa shape index (κ3) is 5.91. The van der Waals surface area contributed by atoms with Gasteiger partial charge in [0, 0.05) is 31.9 Å². The van der Waals surface area contributed by atoms with Gasteiger partial charge in [-0.15, -0.1) is 0 Å². The summed E-state index contributed by atoms with van der Waals surface area (Å²) in [5, 5.41) is 13.4. The minimum Gasteiger partial charge on any atom is -0.485 e. The van der Waals surface area contributed by atoms with E-state index in [1.165, 1.54) is 43.1 Å². The Bertz CT molecular complexity index is 1180. The molecule has 0 unspecified atom stereocenters. The number of amides is 1. The van der Waals surface area contributed by atoms with Gasteiger partial charge in [-0.3, -0.25) is 9.69 Å². The highest BCUT2D eigenvalue weighted by atomic mass is 16.5. The lowest BCUT2D eigenvalue weighted by molar-refractivity contribution is 0.0837. The number of aliphatic hydroxyl groups is 1. The second-order valence-electron chi connectivity index (χ2n) is 9.83. The van der Waals surface area contributed by atoms with Gasteiger partial charge in [-0.2, -0.15) is 0 Å². The quantitative estimate of drug-likeness (QED) is 0.445. The number of fused-ring (bicyclic) bond motifs is 1. The first kappa shape index (κ1) is 24.4. The molecule has 0 bridgehead atoms. The van der Waals surface area contributed by atoms with Gasteiger partial charge in [-0.1, -0.05) is 25.3 Å². The molecule has 2 aromatic heterocycles. The number of oxazole rings is 1. The van der Waals surface area contributed by atoms with E-state index in [1.54, 1.807) is 12.3 Å². The van der Waals surface area contributed by atoms with Gasteiger partial charge in [0.25, 0.3) is 5.91 Å². The number of β-amino-alcohol motifs (C(OH)–C–C–N with tert-alkyl or cyclic N) is 1. The Hall–Kier alpha value is -3.30. The van der Waals surface area contributed by atoms with Crippen molar-refractivity contribution in [3.8, 4) is 5.75 Å². The van der Waals surface area contributed by atoms with E-state index in [9.17, 15) is 9.90 Å². The van der Waals surface area contributed by atoms with Gasteiger partial charge >= 0.3 is 0 Å². The molecule has 1 aromatic carbocycles. The number of nitrogens with one attached hydrogen (secondary N) is 1. The SMILES string of the molecule is Cc1c(OCc2cnco2)ccc2c1CCN(C[C@@H](O)CNC(=O)c1cc(CC3CCC3)ncn1)C2. The van der Waals surface area contributed by atoms with E-state index in [1.807, 2.05) is 6.07 Å². The van der Waals surface area contributed by atoms with Crippen molar-refractivity contribution in [3.63, 3.8) is 0 Å². The molecule has 2 aliphatic rings. The number of aliphatic hydroxyl groups excluding tert-OH is 1. The van der Waals surface area contributed by atoms with E-state index in [-0.39, 0.29) is 12.5 Å². The maximum absolute atomic E-state index is 12.6. The zero-order chi connectivity index (χ0) is 24.9. The monoisotopic (exact) mass is 491 g/mol. The van der Waals surface area contributed by atoms with Crippen molar-refractivity contribution < 1.29 is 19.1 Å². The lowest BCUT2D eigenvalue weighted by Gasteiger charge is -2.31. The van der Waals surface area contributed by atoms with Crippen LogP contribution in [0, 0.1) is 12.8 Å². The molecule has 1 amide bonds. The Kier molecular flexibility index (Phi) is 7.58. The number of carbonyl (C=O) groups is 1. The highest BCUT2D eigenvalue weighted by Crippen LogP contribution is 2.30. The van der Waals surface area contributed by atoms with Crippen molar-refractivity contribution in [2.75, 3.05) is 19.6 Å². The number of hydrogen-bond donors (Lipinski definition) is 2. The molecule has 9 heteroatoms. The van der Waals surface area contributed by atoms with Crippen LogP contribution in [0.4, 0.5) is 0 Å². The molecule has 1 aliphatic carbocycles. The van der Waals surface area contributed by atoms with Gasteiger partial charge in [0.2, 0.25) is 0 Å². The highest BCUT2D eigenvalue weighted by Gasteiger charge is 2.23. The Balaban J connectivity index is 1.10. The minimum atomic E-state index is -0.669. The van der Waals surface area contributed by atoms with Gasteiger partial charge in [-0.25, -0.2) is 15.0 Å². The Morgan fingerprint density at radius 2 is 2.22 bits per heavy atom. The van der Waals surface area contributed by atoms with Gasteiger partial charge in [0.05, 0.1) is 12.3 Å². The summed E-state index contributed by atoms with van der Waals surface area (Å²) in [4.78, 5) is 27.1. The number of carbonyl (C=O) groups excluding carboxylic acids is 1. The van der Waals surface area contributed by atoms with Crippen molar-refractivity contribution >= 4 is 5.91 Å². The van der Waals surface area contributed by atoms with E-state index in [0.29, 0.717) is 30.5 Å². The number of hydrogen-bond acceptors (Lipinski definition) is 8. The summed E-state index contributed by atoms with van der Waals surface area (Å²) in [6, 6.07) is 5.85. The van der Waals surface area contributed by atoms with E-state index in [0.717, 1.165) is 42.9 Å². The maximum Gasteiger partial charge on any atom is 0.270 e. The van der Waals surface area contributed by atoms with Crippen LogP contribution in [-0.4, -0.2) is 56.6 Å². The van der Waals surface area contributed by atoms with Crippen molar-refractivity contribution in [1.82, 2.24) is 25.2 Å². The zero-order valence-electron chi connectivity index (χ0n) is 20.7. The van der Waals surface area contributed by atoms with Crippen LogP contribution in [0.1, 0.15) is 57.9 Å². The molecule has 0 radical (unpaired) electrons. The molecule has 0 spiro atoms. The van der Waals surface area contributed by atoms with Crippen molar-refractivity contribution in [1.29, 1.82) is 0 Å². The highest BCUT2D eigenvalue weighted by molar-refractivity contribution is 5.92. The first-order valence-corrected chi connectivity index (χ1v) is 12.7.